The predicted octanol–water partition coefficient (Wildman–Crippen LogP) is 11.8. The Labute approximate surface area is 287 Å². The summed E-state index contributed by atoms with van der Waals surface area (Å²) in [4.78, 5) is 10.6. The van der Waals surface area contributed by atoms with Crippen molar-refractivity contribution in [3.63, 3.8) is 0 Å². The van der Waals surface area contributed by atoms with E-state index in [1.807, 2.05) is 24.3 Å². The fourth-order valence-electron chi connectivity index (χ4n) is 8.00. The van der Waals surface area contributed by atoms with E-state index in [4.69, 9.17) is 9.97 Å². The summed E-state index contributed by atoms with van der Waals surface area (Å²) in [7, 11) is 0. The van der Waals surface area contributed by atoms with Gasteiger partial charge in [0.15, 0.2) is 5.82 Å². The van der Waals surface area contributed by atoms with Gasteiger partial charge in [0.1, 0.15) is 5.69 Å². The summed E-state index contributed by atoms with van der Waals surface area (Å²) < 4.78 is 4.77. The molecule has 0 aliphatic carbocycles. The van der Waals surface area contributed by atoms with E-state index in [2.05, 4.69) is 155 Å². The molecule has 0 atom stereocenters. The zero-order valence-corrected chi connectivity index (χ0v) is 27.0. The Kier molecular flexibility index (Phi) is 5.63. The Morgan fingerprint density at radius 1 is 0.360 bits per heavy atom. The molecular weight excluding hydrogens is 609 g/mol. The Bertz CT molecular complexity index is 3150. The number of hydrogen-bond donors (Lipinski definition) is 0. The third kappa shape index (κ3) is 3.87. The molecule has 0 saturated carbocycles. The largest absolute Gasteiger partial charge is 0.309 e. The van der Waals surface area contributed by atoms with Gasteiger partial charge in [-0.05, 0) is 64.7 Å². The average molecular weight is 637 g/mol. The van der Waals surface area contributed by atoms with Crippen molar-refractivity contribution >= 4 is 76.2 Å². The highest BCUT2D eigenvalue weighted by atomic mass is 15.1. The molecule has 0 aliphatic heterocycles. The lowest BCUT2D eigenvalue weighted by molar-refractivity contribution is 1.08. The number of rotatable bonds is 3. The quantitative estimate of drug-likeness (QED) is 0.193. The van der Waals surface area contributed by atoms with Crippen LogP contribution in [-0.2, 0) is 0 Å². The van der Waals surface area contributed by atoms with E-state index in [9.17, 15) is 0 Å². The molecule has 0 unspecified atom stereocenters. The van der Waals surface area contributed by atoms with Crippen LogP contribution in [-0.4, -0.2) is 19.1 Å². The van der Waals surface area contributed by atoms with Gasteiger partial charge in [0.05, 0.1) is 33.1 Å². The first-order valence-corrected chi connectivity index (χ1v) is 17.0. The number of benzene rings is 8. The summed E-state index contributed by atoms with van der Waals surface area (Å²) in [6, 6.07) is 60.7. The van der Waals surface area contributed by atoms with Crippen LogP contribution < -0.4 is 0 Å². The minimum Gasteiger partial charge on any atom is -0.309 e. The van der Waals surface area contributed by atoms with E-state index < -0.39 is 0 Å². The molecule has 0 aliphatic rings. The Balaban J connectivity index is 1.28. The molecule has 0 radical (unpaired) electrons. The van der Waals surface area contributed by atoms with E-state index in [1.165, 1.54) is 54.1 Å². The lowest BCUT2D eigenvalue weighted by Crippen LogP contribution is -2.03. The molecule has 232 valence electrons. The van der Waals surface area contributed by atoms with Gasteiger partial charge in [0, 0.05) is 38.2 Å². The van der Waals surface area contributed by atoms with Gasteiger partial charge in [0.2, 0.25) is 0 Å². The molecule has 0 bridgehead atoms. The van der Waals surface area contributed by atoms with Crippen molar-refractivity contribution in [3.05, 3.63) is 170 Å². The van der Waals surface area contributed by atoms with Crippen molar-refractivity contribution in [2.45, 2.75) is 0 Å². The van der Waals surface area contributed by atoms with Gasteiger partial charge in [-0.1, -0.05) is 121 Å². The second kappa shape index (κ2) is 10.4. The summed E-state index contributed by atoms with van der Waals surface area (Å²) in [6.07, 6.45) is 0. The van der Waals surface area contributed by atoms with Crippen LogP contribution in [0.2, 0.25) is 0 Å². The predicted molar refractivity (Wildman–Crippen MR) is 209 cm³/mol. The molecule has 0 saturated heterocycles. The van der Waals surface area contributed by atoms with Crippen molar-refractivity contribution < 1.29 is 0 Å². The first-order chi connectivity index (χ1) is 24.8. The van der Waals surface area contributed by atoms with Gasteiger partial charge < -0.3 is 4.57 Å². The Morgan fingerprint density at radius 2 is 1.00 bits per heavy atom. The fraction of sp³-hybridized carbons (Fsp3) is 0. The van der Waals surface area contributed by atoms with Crippen LogP contribution in [0.15, 0.2) is 170 Å². The second-order valence-corrected chi connectivity index (χ2v) is 13.0. The molecule has 8 aromatic carbocycles. The molecular formula is C46H28N4. The molecule has 0 amide bonds. The number of hydrogen-bond acceptors (Lipinski definition) is 2. The first-order valence-electron chi connectivity index (χ1n) is 17.0. The topological polar surface area (TPSA) is 35.6 Å². The summed E-state index contributed by atoms with van der Waals surface area (Å²) in [6.45, 7) is 0. The number of fused-ring (bicyclic) bond motifs is 10. The maximum absolute atomic E-state index is 5.36. The smallest absolute Gasteiger partial charge is 0.165 e. The number of aromatic nitrogens is 4. The van der Waals surface area contributed by atoms with E-state index in [0.717, 1.165) is 44.8 Å². The number of para-hydroxylation sites is 3. The van der Waals surface area contributed by atoms with E-state index in [0.29, 0.717) is 0 Å². The minimum atomic E-state index is 0.820. The molecule has 4 nitrogen and oxygen atoms in total. The van der Waals surface area contributed by atoms with Gasteiger partial charge in [-0.3, -0.25) is 4.57 Å². The summed E-state index contributed by atoms with van der Waals surface area (Å²) in [5, 5.41) is 9.73. The van der Waals surface area contributed by atoms with Gasteiger partial charge in [-0.25, -0.2) is 9.97 Å². The lowest BCUT2D eigenvalue weighted by Gasteiger charge is -2.14. The Morgan fingerprint density at radius 3 is 1.84 bits per heavy atom. The van der Waals surface area contributed by atoms with Crippen molar-refractivity contribution in [2.75, 3.05) is 0 Å². The van der Waals surface area contributed by atoms with Crippen LogP contribution in [0.4, 0.5) is 0 Å². The standard InChI is InChI=1S/C46H28N4/c1-2-13-30(14-3-1)44-46(48-40-20-10-9-19-39(40)47-44)50-42-25-23-33(28-38(42)37-26-31-15-4-5-16-32(31)27-43(37)50)49-41-21-11-8-18-35(41)36-24-22-29-12-6-7-17-34(29)45(36)49/h1-28H. The van der Waals surface area contributed by atoms with E-state index in [-0.39, 0.29) is 0 Å². The molecule has 0 fully saturated rings. The second-order valence-electron chi connectivity index (χ2n) is 13.0. The highest BCUT2D eigenvalue weighted by Crippen LogP contribution is 2.41. The van der Waals surface area contributed by atoms with E-state index in [1.54, 1.807) is 0 Å². The van der Waals surface area contributed by atoms with Crippen LogP contribution in [0.5, 0.6) is 0 Å². The molecule has 11 rings (SSSR count). The van der Waals surface area contributed by atoms with Gasteiger partial charge in [0.25, 0.3) is 0 Å². The third-order valence-corrected chi connectivity index (χ3v) is 10.2. The summed E-state index contributed by atoms with van der Waals surface area (Å²) >= 11 is 0. The van der Waals surface area contributed by atoms with Crippen LogP contribution in [0.3, 0.4) is 0 Å². The zero-order valence-electron chi connectivity index (χ0n) is 27.0. The normalized spacial score (nSPS) is 12.0. The summed E-state index contributed by atoms with van der Waals surface area (Å²) in [5.41, 5.74) is 9.37. The highest BCUT2D eigenvalue weighted by molar-refractivity contribution is 6.19. The molecule has 11 aromatic rings. The van der Waals surface area contributed by atoms with E-state index >= 15 is 0 Å². The minimum absolute atomic E-state index is 0.820. The lowest BCUT2D eigenvalue weighted by atomic mass is 10.1. The average Bonchev–Trinajstić information content (AvgIpc) is 3.69. The SMILES string of the molecule is c1ccc(-c2nc3ccccc3nc2-n2c3ccc(-n4c5ccccc5c5ccc6ccccc6c54)cc3c3cc4ccccc4cc32)cc1. The zero-order chi connectivity index (χ0) is 32.8. The van der Waals surface area contributed by atoms with Gasteiger partial charge >= 0.3 is 0 Å². The fourth-order valence-corrected chi connectivity index (χ4v) is 8.00. The molecule has 50 heavy (non-hydrogen) atoms. The first kappa shape index (κ1) is 27.2. The molecule has 0 N–H and O–H groups in total. The van der Waals surface area contributed by atoms with Gasteiger partial charge in [-0.2, -0.15) is 0 Å². The maximum atomic E-state index is 5.36. The molecule has 3 aromatic heterocycles. The molecule has 4 heteroatoms. The third-order valence-electron chi connectivity index (χ3n) is 10.2. The molecule has 3 heterocycles. The van der Waals surface area contributed by atoms with Crippen LogP contribution >= 0.6 is 0 Å². The summed E-state index contributed by atoms with van der Waals surface area (Å²) in [5.74, 6) is 0.820. The maximum Gasteiger partial charge on any atom is 0.165 e. The van der Waals surface area contributed by atoms with Crippen LogP contribution in [0.25, 0.3) is 99.0 Å². The van der Waals surface area contributed by atoms with Crippen molar-refractivity contribution in [1.29, 1.82) is 0 Å². The monoisotopic (exact) mass is 636 g/mol. The number of nitrogens with zero attached hydrogens (tertiary/aromatic N) is 4. The Hall–Kier alpha value is -6.78. The van der Waals surface area contributed by atoms with Crippen molar-refractivity contribution in [1.82, 2.24) is 19.1 Å². The van der Waals surface area contributed by atoms with Crippen LogP contribution in [0, 0.1) is 0 Å². The highest BCUT2D eigenvalue weighted by Gasteiger charge is 2.21. The molecule has 0 spiro atoms. The van der Waals surface area contributed by atoms with Crippen LogP contribution in [0.1, 0.15) is 0 Å². The van der Waals surface area contributed by atoms with Gasteiger partial charge in [-0.15, -0.1) is 0 Å². The van der Waals surface area contributed by atoms with Crippen molar-refractivity contribution in [3.8, 4) is 22.8 Å². The van der Waals surface area contributed by atoms with Crippen molar-refractivity contribution in [2.24, 2.45) is 0 Å².